The van der Waals surface area contributed by atoms with Crippen molar-refractivity contribution in [2.24, 2.45) is 41.4 Å². The van der Waals surface area contributed by atoms with Gasteiger partial charge in [-0.2, -0.15) is 0 Å². The van der Waals surface area contributed by atoms with Gasteiger partial charge in [-0.15, -0.1) is 0 Å². The normalized spacial score (nSPS) is 31.5. The molecule has 0 amide bonds. The van der Waals surface area contributed by atoms with E-state index < -0.39 is 0 Å². The van der Waals surface area contributed by atoms with Crippen molar-refractivity contribution in [3.63, 3.8) is 0 Å². The zero-order chi connectivity index (χ0) is 27.3. The van der Waals surface area contributed by atoms with Crippen LogP contribution in [0.5, 0.6) is 0 Å². The molecule has 0 heterocycles. The van der Waals surface area contributed by atoms with Gasteiger partial charge in [0.15, 0.2) is 0 Å². The first-order chi connectivity index (χ1) is 18.1. The summed E-state index contributed by atoms with van der Waals surface area (Å²) >= 11 is 0. The van der Waals surface area contributed by atoms with E-state index in [0.29, 0.717) is 0 Å². The van der Waals surface area contributed by atoms with Gasteiger partial charge in [0, 0.05) is 0 Å². The summed E-state index contributed by atoms with van der Waals surface area (Å²) in [6, 6.07) is 0. The van der Waals surface area contributed by atoms with Crippen LogP contribution in [0, 0.1) is 41.4 Å². The van der Waals surface area contributed by atoms with Crippen molar-refractivity contribution in [3.8, 4) is 0 Å². The third kappa shape index (κ3) is 15.4. The first-order valence-corrected chi connectivity index (χ1v) is 18.1. The number of hydrogen-bond acceptors (Lipinski definition) is 0. The van der Waals surface area contributed by atoms with E-state index in [4.69, 9.17) is 0 Å². The van der Waals surface area contributed by atoms with Crippen LogP contribution < -0.4 is 0 Å². The molecule has 5 aliphatic carbocycles. The van der Waals surface area contributed by atoms with Crippen molar-refractivity contribution in [3.05, 3.63) is 0 Å². The molecule has 5 aliphatic rings. The van der Waals surface area contributed by atoms with E-state index in [1.165, 1.54) is 96.3 Å². The molecule has 0 bridgehead atoms. The van der Waals surface area contributed by atoms with Crippen LogP contribution in [0.25, 0.3) is 0 Å². The van der Waals surface area contributed by atoms with Crippen molar-refractivity contribution >= 4 is 0 Å². The Bertz CT molecular complexity index is 438. The van der Waals surface area contributed by atoms with Gasteiger partial charge in [-0.05, 0) is 60.7 Å². The minimum atomic E-state index is 1.02. The summed E-state index contributed by atoms with van der Waals surface area (Å²) in [5, 5.41) is 0. The van der Waals surface area contributed by atoms with Gasteiger partial charge in [-0.25, -0.2) is 0 Å². The van der Waals surface area contributed by atoms with Gasteiger partial charge in [0.25, 0.3) is 0 Å². The lowest BCUT2D eigenvalue weighted by Crippen LogP contribution is -2.29. The lowest BCUT2D eigenvalue weighted by Gasteiger charge is -2.41. The highest BCUT2D eigenvalue weighted by Crippen LogP contribution is 2.45. The second-order valence-corrected chi connectivity index (χ2v) is 13.6. The average molecular weight is 519 g/mol. The Morgan fingerprint density at radius 3 is 0.919 bits per heavy atom. The van der Waals surface area contributed by atoms with Gasteiger partial charge in [0.1, 0.15) is 0 Å². The van der Waals surface area contributed by atoms with E-state index >= 15 is 0 Å². The molecule has 0 heteroatoms. The van der Waals surface area contributed by atoms with Crippen LogP contribution in [-0.2, 0) is 0 Å². The molecule has 222 valence electrons. The first kappa shape index (κ1) is 35.0. The summed E-state index contributed by atoms with van der Waals surface area (Å²) in [5.41, 5.74) is 0. The van der Waals surface area contributed by atoms with E-state index in [2.05, 4.69) is 20.8 Å². The monoisotopic (exact) mass is 519 g/mol. The lowest BCUT2D eigenvalue weighted by molar-refractivity contribution is 0.103. The first-order valence-electron chi connectivity index (χ1n) is 18.1. The highest BCUT2D eigenvalue weighted by Gasteiger charge is 2.33. The Labute approximate surface area is 237 Å². The average Bonchev–Trinajstić information content (AvgIpc) is 2.98. The lowest BCUT2D eigenvalue weighted by atomic mass is 9.65. The number of hydrogen-bond donors (Lipinski definition) is 0. The Morgan fingerprint density at radius 2 is 0.568 bits per heavy atom. The largest absolute Gasteiger partial charge is 0.0683 e. The Balaban J connectivity index is 0.000000313. The fourth-order valence-corrected chi connectivity index (χ4v) is 8.10. The third-order valence-corrected chi connectivity index (χ3v) is 10.6. The molecule has 5 fully saturated rings. The minimum absolute atomic E-state index is 1.02. The van der Waals surface area contributed by atoms with E-state index in [1.807, 2.05) is 27.7 Å². The van der Waals surface area contributed by atoms with Crippen molar-refractivity contribution < 1.29 is 0 Å². The van der Waals surface area contributed by atoms with E-state index in [9.17, 15) is 0 Å². The summed E-state index contributed by atoms with van der Waals surface area (Å²) in [7, 11) is 0. The topological polar surface area (TPSA) is 0 Å². The highest BCUT2D eigenvalue weighted by molar-refractivity contribution is 4.85. The quantitative estimate of drug-likeness (QED) is 0.341. The molecule has 5 saturated carbocycles. The second-order valence-electron chi connectivity index (χ2n) is 13.6. The fourth-order valence-electron chi connectivity index (χ4n) is 8.10. The molecule has 0 aromatic carbocycles. The molecule has 5 rings (SSSR count). The van der Waals surface area contributed by atoms with Crippen molar-refractivity contribution in [1.82, 2.24) is 0 Å². The van der Waals surface area contributed by atoms with Crippen LogP contribution in [0.15, 0.2) is 0 Å². The SMILES string of the molecule is CC.CC.CC1CCC(C2CCCC(C3CCCCC3)C2)CC1.CC1CCCCC1.CC1CCCCC1. The molecule has 37 heavy (non-hydrogen) atoms. The maximum atomic E-state index is 2.46. The minimum Gasteiger partial charge on any atom is -0.0683 e. The molecule has 0 spiro atoms. The molecule has 2 unspecified atom stereocenters. The van der Waals surface area contributed by atoms with Crippen molar-refractivity contribution in [1.29, 1.82) is 0 Å². The maximum Gasteiger partial charge on any atom is -0.0383 e. The molecular formula is C37H74. The smallest absolute Gasteiger partial charge is 0.0383 e. The molecule has 0 N–H and O–H groups in total. The van der Waals surface area contributed by atoms with Gasteiger partial charge in [-0.3, -0.25) is 0 Å². The van der Waals surface area contributed by atoms with Gasteiger partial charge in [-0.1, -0.05) is 177 Å². The predicted octanol–water partition coefficient (Wildman–Crippen LogP) is 13.4. The van der Waals surface area contributed by atoms with E-state index in [-0.39, 0.29) is 0 Å². The van der Waals surface area contributed by atoms with Crippen LogP contribution in [0.2, 0.25) is 0 Å². The molecule has 0 aliphatic heterocycles. The van der Waals surface area contributed by atoms with Gasteiger partial charge in [0.05, 0.1) is 0 Å². The summed E-state index contributed by atoms with van der Waals surface area (Å²) in [4.78, 5) is 0. The standard InChI is InChI=1S/C19H34.2C7H14.2C2H6/c1-15-10-12-17(13-11-15)19-9-5-8-18(14-19)16-6-3-2-4-7-16;2*1-7-5-3-2-4-6-7;2*1-2/h15-19H,2-14H2,1H3;2*7H,2-6H2,1H3;2*1-2H3. The molecule has 0 saturated heterocycles. The Kier molecular flexibility index (Phi) is 21.6. The van der Waals surface area contributed by atoms with Crippen molar-refractivity contribution in [2.75, 3.05) is 0 Å². The molecule has 0 aromatic heterocycles. The zero-order valence-electron chi connectivity index (χ0n) is 27.3. The fraction of sp³-hybridized carbons (Fsp3) is 1.00. The van der Waals surface area contributed by atoms with Gasteiger partial charge < -0.3 is 0 Å². The van der Waals surface area contributed by atoms with E-state index in [0.717, 1.165) is 41.4 Å². The highest BCUT2D eigenvalue weighted by atomic mass is 14.4. The van der Waals surface area contributed by atoms with Crippen LogP contribution in [0.3, 0.4) is 0 Å². The summed E-state index contributed by atoms with van der Waals surface area (Å²) in [6.07, 6.45) is 35.1. The van der Waals surface area contributed by atoms with Gasteiger partial charge >= 0.3 is 0 Å². The van der Waals surface area contributed by atoms with Crippen LogP contribution in [0.1, 0.15) is 196 Å². The summed E-state index contributed by atoms with van der Waals surface area (Å²) in [5.74, 6) is 7.57. The molecule has 0 radical (unpaired) electrons. The molecule has 0 aromatic rings. The molecule has 2 atom stereocenters. The summed E-state index contributed by atoms with van der Waals surface area (Å²) in [6.45, 7) is 15.2. The molecule has 0 nitrogen and oxygen atoms in total. The molecular weight excluding hydrogens is 444 g/mol. The van der Waals surface area contributed by atoms with Crippen molar-refractivity contribution in [2.45, 2.75) is 196 Å². The maximum absolute atomic E-state index is 2.46. The van der Waals surface area contributed by atoms with Crippen LogP contribution in [-0.4, -0.2) is 0 Å². The Morgan fingerprint density at radius 1 is 0.270 bits per heavy atom. The van der Waals surface area contributed by atoms with Crippen LogP contribution in [0.4, 0.5) is 0 Å². The summed E-state index contributed by atoms with van der Waals surface area (Å²) < 4.78 is 0. The third-order valence-electron chi connectivity index (χ3n) is 10.6. The van der Waals surface area contributed by atoms with Gasteiger partial charge in [0.2, 0.25) is 0 Å². The Hall–Kier alpha value is 0. The predicted molar refractivity (Wildman–Crippen MR) is 170 cm³/mol. The van der Waals surface area contributed by atoms with Crippen LogP contribution >= 0.6 is 0 Å². The van der Waals surface area contributed by atoms with E-state index in [1.54, 1.807) is 51.4 Å². The number of rotatable bonds is 2. The second kappa shape index (κ2) is 22.8. The zero-order valence-corrected chi connectivity index (χ0v) is 27.3.